The van der Waals surface area contributed by atoms with Crippen LogP contribution in [0.4, 0.5) is 4.39 Å². The van der Waals surface area contributed by atoms with Gasteiger partial charge >= 0.3 is 0 Å². The van der Waals surface area contributed by atoms with Gasteiger partial charge in [0.2, 0.25) is 0 Å². The van der Waals surface area contributed by atoms with Crippen LogP contribution in [0.15, 0.2) is 36.0 Å². The fraction of sp³-hybridized carbons (Fsp3) is 0.529. The second-order valence-corrected chi connectivity index (χ2v) is 13.5. The van der Waals surface area contributed by atoms with E-state index in [1.165, 1.54) is 24.2 Å². The van der Waals surface area contributed by atoms with E-state index in [2.05, 4.69) is 53.8 Å². The Bertz CT molecular complexity index is 679. The molecule has 0 radical (unpaired) electrons. The smallest absolute Gasteiger partial charge is 0.193 e. The van der Waals surface area contributed by atoms with Crippen LogP contribution in [-0.2, 0) is 4.43 Å². The summed E-state index contributed by atoms with van der Waals surface area (Å²) in [4.78, 5) is 16.9. The highest BCUT2D eigenvalue weighted by molar-refractivity contribution is 7.99. The number of aromatic nitrogens is 4. The molecular formula is C17H25FN4OSSi. The predicted molar refractivity (Wildman–Crippen MR) is 100 cm³/mol. The van der Waals surface area contributed by atoms with Gasteiger partial charge in [-0.15, -0.1) is 0 Å². The number of halogens is 1. The van der Waals surface area contributed by atoms with Gasteiger partial charge in [0.1, 0.15) is 6.10 Å². The maximum Gasteiger partial charge on any atom is 0.193 e. The molecule has 0 aromatic carbocycles. The van der Waals surface area contributed by atoms with Crippen LogP contribution in [0.3, 0.4) is 0 Å². The van der Waals surface area contributed by atoms with Crippen molar-refractivity contribution in [2.24, 2.45) is 0 Å². The molecule has 0 aliphatic carbocycles. The molecule has 2 aromatic rings. The highest BCUT2D eigenvalue weighted by Crippen LogP contribution is 2.42. The number of rotatable bonds is 6. The van der Waals surface area contributed by atoms with Crippen LogP contribution in [-0.4, -0.2) is 33.5 Å². The summed E-state index contributed by atoms with van der Waals surface area (Å²) in [5.74, 6) is 0.0312. The largest absolute Gasteiger partial charge is 0.406 e. The first-order chi connectivity index (χ1) is 11.6. The van der Waals surface area contributed by atoms with Gasteiger partial charge in [-0.3, -0.25) is 0 Å². The van der Waals surface area contributed by atoms with Gasteiger partial charge in [-0.2, -0.15) is 0 Å². The van der Waals surface area contributed by atoms with Crippen molar-refractivity contribution in [2.45, 2.75) is 62.3 Å². The number of hydrogen-bond acceptors (Lipinski definition) is 6. The summed E-state index contributed by atoms with van der Waals surface area (Å²) in [5, 5.41) is 0.682. The van der Waals surface area contributed by atoms with E-state index in [0.717, 1.165) is 0 Å². The minimum Gasteiger partial charge on any atom is -0.406 e. The predicted octanol–water partition coefficient (Wildman–Crippen LogP) is 4.65. The van der Waals surface area contributed by atoms with Crippen molar-refractivity contribution < 1.29 is 8.82 Å². The molecule has 8 heteroatoms. The zero-order valence-corrected chi connectivity index (χ0v) is 17.3. The Morgan fingerprint density at radius 1 is 1.08 bits per heavy atom. The van der Waals surface area contributed by atoms with Gasteiger partial charge in [0.15, 0.2) is 25.1 Å². The van der Waals surface area contributed by atoms with Crippen molar-refractivity contribution in [3.05, 3.63) is 42.5 Å². The Labute approximate surface area is 154 Å². The second kappa shape index (κ2) is 7.88. The normalized spacial score (nSPS) is 15.0. The van der Waals surface area contributed by atoms with Crippen LogP contribution in [0.25, 0.3) is 0 Å². The molecule has 0 N–H and O–H groups in total. The first-order valence-corrected chi connectivity index (χ1v) is 12.0. The molecule has 136 valence electrons. The Morgan fingerprint density at radius 3 is 2.16 bits per heavy atom. The zero-order valence-electron chi connectivity index (χ0n) is 15.5. The van der Waals surface area contributed by atoms with E-state index in [-0.39, 0.29) is 16.4 Å². The third-order valence-corrected chi connectivity index (χ3v) is 9.88. The van der Waals surface area contributed by atoms with Gasteiger partial charge in [0, 0.05) is 17.6 Å². The van der Waals surface area contributed by atoms with E-state index in [9.17, 15) is 4.39 Å². The van der Waals surface area contributed by atoms with Crippen LogP contribution in [0.2, 0.25) is 18.1 Å². The van der Waals surface area contributed by atoms with Gasteiger partial charge in [0.05, 0.1) is 12.4 Å². The minimum absolute atomic E-state index is 0.0259. The SMILES string of the molecule is C[C@H](Sc1ncccn1)[C@@H](O[Si](C)(C)C(C)(C)C)c1ncc(F)cn1. The summed E-state index contributed by atoms with van der Waals surface area (Å²) in [6.45, 7) is 12.9. The first kappa shape index (κ1) is 19.9. The summed E-state index contributed by atoms with van der Waals surface area (Å²) < 4.78 is 19.8. The summed E-state index contributed by atoms with van der Waals surface area (Å²) >= 11 is 1.50. The van der Waals surface area contributed by atoms with E-state index in [1.807, 2.05) is 6.92 Å². The maximum atomic E-state index is 13.2. The molecule has 2 aromatic heterocycles. The molecule has 0 bridgehead atoms. The molecular weight excluding hydrogens is 355 g/mol. The van der Waals surface area contributed by atoms with Crippen LogP contribution in [0.5, 0.6) is 0 Å². The molecule has 2 rings (SSSR count). The lowest BCUT2D eigenvalue weighted by molar-refractivity contribution is 0.175. The van der Waals surface area contributed by atoms with Crippen LogP contribution in [0.1, 0.15) is 39.6 Å². The molecule has 2 atom stereocenters. The second-order valence-electron chi connectivity index (χ2n) is 7.41. The van der Waals surface area contributed by atoms with Gasteiger partial charge in [0.25, 0.3) is 0 Å². The Morgan fingerprint density at radius 2 is 1.64 bits per heavy atom. The van der Waals surface area contributed by atoms with Crippen molar-refractivity contribution >= 4 is 20.1 Å². The highest BCUT2D eigenvalue weighted by Gasteiger charge is 2.41. The first-order valence-electron chi connectivity index (χ1n) is 8.19. The summed E-state index contributed by atoms with van der Waals surface area (Å²) in [6, 6.07) is 1.78. The van der Waals surface area contributed by atoms with Crippen molar-refractivity contribution in [2.75, 3.05) is 0 Å². The number of hydrogen-bond donors (Lipinski definition) is 0. The fourth-order valence-electron chi connectivity index (χ4n) is 1.90. The third-order valence-electron chi connectivity index (χ3n) is 4.38. The molecule has 0 saturated heterocycles. The summed E-state index contributed by atoms with van der Waals surface area (Å²) in [6.07, 6.45) is 5.41. The molecule has 2 heterocycles. The average Bonchev–Trinajstić information content (AvgIpc) is 2.53. The Balaban J connectivity index is 2.30. The maximum absolute atomic E-state index is 13.2. The molecule has 25 heavy (non-hydrogen) atoms. The van der Waals surface area contributed by atoms with Crippen LogP contribution in [0, 0.1) is 5.82 Å². The number of thioether (sulfide) groups is 1. The Kier molecular flexibility index (Phi) is 6.29. The topological polar surface area (TPSA) is 60.8 Å². The van der Waals surface area contributed by atoms with Crippen molar-refractivity contribution in [3.63, 3.8) is 0 Å². The van der Waals surface area contributed by atoms with Crippen molar-refractivity contribution in [1.29, 1.82) is 0 Å². The minimum atomic E-state index is -2.07. The average molecular weight is 381 g/mol. The lowest BCUT2D eigenvalue weighted by atomic mass is 10.2. The van der Waals surface area contributed by atoms with Gasteiger partial charge in [-0.25, -0.2) is 24.3 Å². The van der Waals surface area contributed by atoms with Crippen LogP contribution >= 0.6 is 11.8 Å². The van der Waals surface area contributed by atoms with Crippen molar-refractivity contribution in [1.82, 2.24) is 19.9 Å². The molecule has 0 unspecified atom stereocenters. The molecule has 5 nitrogen and oxygen atoms in total. The lowest BCUT2D eigenvalue weighted by Crippen LogP contribution is -2.43. The van der Waals surface area contributed by atoms with E-state index in [1.54, 1.807) is 18.5 Å². The van der Waals surface area contributed by atoms with E-state index in [0.29, 0.717) is 11.0 Å². The lowest BCUT2D eigenvalue weighted by Gasteiger charge is -2.40. The molecule has 0 aliphatic heterocycles. The fourth-order valence-corrected chi connectivity index (χ4v) is 4.17. The van der Waals surface area contributed by atoms with Crippen LogP contribution < -0.4 is 0 Å². The highest BCUT2D eigenvalue weighted by atomic mass is 32.2. The van der Waals surface area contributed by atoms with Gasteiger partial charge in [-0.05, 0) is 31.1 Å². The Hall–Kier alpha value is -1.38. The molecule has 0 saturated carbocycles. The van der Waals surface area contributed by atoms with Gasteiger partial charge in [-0.1, -0.05) is 32.5 Å². The molecule has 0 spiro atoms. The molecule has 0 amide bonds. The van der Waals surface area contributed by atoms with Crippen molar-refractivity contribution in [3.8, 4) is 0 Å². The van der Waals surface area contributed by atoms with E-state index in [4.69, 9.17) is 4.43 Å². The standard InChI is InChI=1S/C17H25FN4OSSi/c1-12(24-16-19-8-7-9-20-16)14(15-21-10-13(18)11-22-15)23-25(5,6)17(2,3)4/h7-12,14H,1-6H3/t12-,14+/m0/s1. The summed E-state index contributed by atoms with van der Waals surface area (Å²) in [7, 11) is -2.07. The molecule has 0 aliphatic rings. The van der Waals surface area contributed by atoms with E-state index < -0.39 is 14.1 Å². The quantitative estimate of drug-likeness (QED) is 0.413. The summed E-state index contributed by atoms with van der Waals surface area (Å²) in [5.41, 5.74) is 0. The number of nitrogens with zero attached hydrogens (tertiary/aromatic N) is 4. The zero-order chi connectivity index (χ0) is 18.7. The molecule has 0 fully saturated rings. The monoisotopic (exact) mass is 380 g/mol. The van der Waals surface area contributed by atoms with E-state index >= 15 is 0 Å². The third kappa shape index (κ3) is 5.29. The van der Waals surface area contributed by atoms with Gasteiger partial charge < -0.3 is 4.43 Å².